The van der Waals surface area contributed by atoms with Crippen molar-refractivity contribution in [2.75, 3.05) is 7.11 Å². The number of rotatable bonds is 0. The second kappa shape index (κ2) is 22.6. The lowest BCUT2D eigenvalue weighted by atomic mass is 10.7. The molecule has 0 amide bonds. The molecule has 0 aromatic rings. The largest absolute Gasteiger partial charge is 0.503 e. The van der Waals surface area contributed by atoms with Gasteiger partial charge >= 0.3 is 18.1 Å². The van der Waals surface area contributed by atoms with Gasteiger partial charge in [-0.2, -0.15) is 0 Å². The van der Waals surface area contributed by atoms with Crippen LogP contribution in [0.3, 0.4) is 0 Å². The van der Waals surface area contributed by atoms with Crippen LogP contribution in [0.15, 0.2) is 0 Å². The molecular formula is C5H10O10. The number of hydrogen-bond acceptors (Lipinski definition) is 5. The summed E-state index contributed by atoms with van der Waals surface area (Å²) in [6, 6.07) is 0. The highest BCUT2D eigenvalue weighted by Crippen LogP contribution is 1.56. The van der Waals surface area contributed by atoms with E-state index in [0.717, 1.165) is 7.11 Å². The van der Waals surface area contributed by atoms with Crippen molar-refractivity contribution >= 4 is 24.6 Å². The van der Waals surface area contributed by atoms with Gasteiger partial charge in [-0.25, -0.2) is 14.4 Å². The molecule has 0 saturated carbocycles. The fourth-order valence-corrected chi connectivity index (χ4v) is 0. The summed E-state index contributed by atoms with van der Waals surface area (Å²) in [6.07, 6.45) is -1.83. The Labute approximate surface area is 82.6 Å². The monoisotopic (exact) mass is 230 g/mol. The third-order valence-corrected chi connectivity index (χ3v) is 0.183. The maximum absolute atomic E-state index is 9.10. The molecule has 10 heteroatoms. The summed E-state index contributed by atoms with van der Waals surface area (Å²) in [5.41, 5.74) is 0. The highest BCUT2D eigenvalue weighted by atomic mass is 16.6. The number of aliphatic hydroxyl groups is 1. The second-order valence-electron chi connectivity index (χ2n) is 0.998. The summed E-state index contributed by atoms with van der Waals surface area (Å²) in [4.78, 5) is 35.1. The van der Waals surface area contributed by atoms with E-state index in [2.05, 4.69) is 0 Å². The van der Waals surface area contributed by atoms with Crippen LogP contribution in [0.2, 0.25) is 0 Å². The van der Waals surface area contributed by atoms with Crippen molar-refractivity contribution in [1.82, 2.24) is 0 Å². The smallest absolute Gasteiger partial charge is 0.483 e. The van der Waals surface area contributed by atoms with E-state index in [4.69, 9.17) is 49.8 Å². The van der Waals surface area contributed by atoms with Gasteiger partial charge in [-0.1, -0.05) is 0 Å². The minimum atomic E-state index is -1.83. The Balaban J connectivity index is -0.0000000590. The number of carboxylic acids is 2. The molecule has 0 aromatic heterocycles. The highest BCUT2D eigenvalue weighted by Gasteiger charge is 2.04. The standard InChI is InChI=1S/C2H2O4.CH2O3.CH2O2.CH4O/c3-1(4)2(5)6;2-1(3)4;2-1-3;1-2/h(H,3,4)(H,5,6);(H2,2,3,4);1H,(H,2,3);2H,1H3. The lowest BCUT2D eigenvalue weighted by molar-refractivity contribution is -0.159. The molecule has 0 saturated heterocycles. The molecule has 0 unspecified atom stereocenters. The van der Waals surface area contributed by atoms with Gasteiger partial charge in [0, 0.05) is 7.11 Å². The maximum atomic E-state index is 9.10. The molecule has 0 aliphatic rings. The van der Waals surface area contributed by atoms with Gasteiger partial charge in [-0.3, -0.25) is 4.79 Å². The Kier molecular flexibility index (Phi) is 34.5. The summed E-state index contributed by atoms with van der Waals surface area (Å²) >= 11 is 0. The van der Waals surface area contributed by atoms with Gasteiger partial charge in [0.15, 0.2) is 0 Å². The van der Waals surface area contributed by atoms with Crippen molar-refractivity contribution in [1.29, 1.82) is 0 Å². The third kappa shape index (κ3) is 402. The van der Waals surface area contributed by atoms with E-state index < -0.39 is 18.1 Å². The topological polar surface area (TPSA) is 190 Å². The van der Waals surface area contributed by atoms with Gasteiger partial charge in [0.1, 0.15) is 0 Å². The zero-order valence-corrected chi connectivity index (χ0v) is 7.39. The minimum absolute atomic E-state index is 0.250. The minimum Gasteiger partial charge on any atom is -0.483 e. The number of carbonyl (C=O) groups is 4. The average molecular weight is 230 g/mol. The van der Waals surface area contributed by atoms with Crippen molar-refractivity contribution in [2.24, 2.45) is 0 Å². The second-order valence-corrected chi connectivity index (χ2v) is 0.998. The lowest BCUT2D eigenvalue weighted by Gasteiger charge is -1.72. The normalized spacial score (nSPS) is 5.73. The van der Waals surface area contributed by atoms with E-state index in [9.17, 15) is 0 Å². The molecule has 15 heavy (non-hydrogen) atoms. The Bertz CT molecular complexity index is 168. The van der Waals surface area contributed by atoms with Crippen LogP contribution in [-0.2, 0) is 14.4 Å². The summed E-state index contributed by atoms with van der Waals surface area (Å²) in [5.74, 6) is -3.65. The van der Waals surface area contributed by atoms with Crippen LogP contribution in [0, 0.1) is 0 Å². The van der Waals surface area contributed by atoms with Crippen LogP contribution in [0.25, 0.3) is 0 Å². The number of aliphatic carboxylic acids is 2. The Morgan fingerprint density at radius 1 is 0.867 bits per heavy atom. The number of carboxylic acid groups (broad SMARTS) is 5. The molecule has 0 fully saturated rings. The van der Waals surface area contributed by atoms with Crippen LogP contribution in [0.1, 0.15) is 0 Å². The quantitative estimate of drug-likeness (QED) is 0.215. The first-order valence-electron chi connectivity index (χ1n) is 2.70. The number of hydrogen-bond donors (Lipinski definition) is 6. The molecular weight excluding hydrogens is 220 g/mol. The summed E-state index contributed by atoms with van der Waals surface area (Å²) in [7, 11) is 1.00. The zero-order valence-electron chi connectivity index (χ0n) is 7.39. The molecule has 0 bridgehead atoms. The maximum Gasteiger partial charge on any atom is 0.503 e. The Morgan fingerprint density at radius 3 is 0.933 bits per heavy atom. The van der Waals surface area contributed by atoms with Gasteiger partial charge in [-0.05, 0) is 0 Å². The fourth-order valence-electron chi connectivity index (χ4n) is 0. The van der Waals surface area contributed by atoms with Gasteiger partial charge < -0.3 is 30.6 Å². The molecule has 0 radical (unpaired) electrons. The predicted octanol–water partition coefficient (Wildman–Crippen LogP) is -1.31. The molecule has 0 atom stereocenters. The molecule has 6 N–H and O–H groups in total. The van der Waals surface area contributed by atoms with Gasteiger partial charge in [0.25, 0.3) is 6.47 Å². The molecule has 0 aromatic carbocycles. The molecule has 0 heterocycles. The van der Waals surface area contributed by atoms with Crippen molar-refractivity contribution < 1.29 is 49.8 Å². The molecule has 0 rings (SSSR count). The third-order valence-electron chi connectivity index (χ3n) is 0.183. The van der Waals surface area contributed by atoms with Crippen molar-refractivity contribution in [2.45, 2.75) is 0 Å². The highest BCUT2D eigenvalue weighted by molar-refractivity contribution is 6.27. The average Bonchev–Trinajstić information content (AvgIpc) is 2.08. The molecule has 0 spiro atoms. The van der Waals surface area contributed by atoms with E-state index in [-0.39, 0.29) is 6.47 Å². The van der Waals surface area contributed by atoms with E-state index in [1.165, 1.54) is 0 Å². The molecule has 0 aliphatic heterocycles. The van der Waals surface area contributed by atoms with E-state index in [0.29, 0.717) is 0 Å². The van der Waals surface area contributed by atoms with Crippen molar-refractivity contribution in [3.05, 3.63) is 0 Å². The van der Waals surface area contributed by atoms with E-state index >= 15 is 0 Å². The van der Waals surface area contributed by atoms with Crippen LogP contribution >= 0.6 is 0 Å². The number of aliphatic hydroxyl groups excluding tert-OH is 1. The van der Waals surface area contributed by atoms with Crippen molar-refractivity contribution in [3.8, 4) is 0 Å². The predicted molar refractivity (Wildman–Crippen MR) is 42.8 cm³/mol. The SMILES string of the molecule is CO.O=C(O)C(=O)O.O=C(O)O.O=CO. The van der Waals surface area contributed by atoms with E-state index in [1.54, 1.807) is 0 Å². The molecule has 10 nitrogen and oxygen atoms in total. The Morgan fingerprint density at radius 2 is 0.933 bits per heavy atom. The van der Waals surface area contributed by atoms with Gasteiger partial charge in [0.2, 0.25) is 0 Å². The van der Waals surface area contributed by atoms with Gasteiger partial charge in [0.05, 0.1) is 0 Å². The first-order chi connectivity index (χ1) is 6.79. The molecule has 90 valence electrons. The summed E-state index contributed by atoms with van der Waals surface area (Å²) in [6.45, 7) is -0.250. The molecule has 0 aliphatic carbocycles. The lowest BCUT2D eigenvalue weighted by Crippen LogP contribution is -2.09. The van der Waals surface area contributed by atoms with Crippen molar-refractivity contribution in [3.63, 3.8) is 0 Å². The van der Waals surface area contributed by atoms with Crippen LogP contribution < -0.4 is 0 Å². The van der Waals surface area contributed by atoms with Gasteiger partial charge in [-0.15, -0.1) is 0 Å². The fraction of sp³-hybridized carbons (Fsp3) is 0.200. The van der Waals surface area contributed by atoms with Crippen LogP contribution in [-0.4, -0.2) is 62.3 Å². The van der Waals surface area contributed by atoms with Crippen LogP contribution in [0.4, 0.5) is 4.79 Å². The van der Waals surface area contributed by atoms with E-state index in [1.807, 2.05) is 0 Å². The summed E-state index contributed by atoms with van der Waals surface area (Å²) < 4.78 is 0. The van der Waals surface area contributed by atoms with Crippen LogP contribution in [0.5, 0.6) is 0 Å². The Hall–Kier alpha value is -2.36. The summed E-state index contributed by atoms with van der Waals surface area (Å²) in [5, 5.41) is 42.6. The zero-order chi connectivity index (χ0) is 13.4. The first kappa shape index (κ1) is 22.9. The first-order valence-corrected chi connectivity index (χ1v) is 2.70.